The molecule has 2 rings (SSSR count). The summed E-state index contributed by atoms with van der Waals surface area (Å²) in [4.78, 5) is 14.4. The summed E-state index contributed by atoms with van der Waals surface area (Å²) < 4.78 is 18.6. The molecule has 23 heavy (non-hydrogen) atoms. The molecule has 1 aromatic rings. The summed E-state index contributed by atoms with van der Waals surface area (Å²) in [5.74, 6) is 0.325. The molecule has 3 atom stereocenters. The molecule has 3 unspecified atom stereocenters. The van der Waals surface area contributed by atoms with Crippen LogP contribution in [0.1, 0.15) is 26.7 Å². The number of likely N-dealkylation sites (tertiary alicyclic amines) is 1. The Labute approximate surface area is 147 Å². The van der Waals surface area contributed by atoms with Crippen molar-refractivity contribution in [1.82, 2.24) is 4.90 Å². The number of halogens is 3. The number of rotatable bonds is 4. The zero-order valence-electron chi connectivity index (χ0n) is 13.3. The number of nitrogens with zero attached hydrogens (tertiary/aromatic N) is 1. The van der Waals surface area contributed by atoms with Gasteiger partial charge in [0, 0.05) is 19.1 Å². The number of hydrogen-bond donors (Lipinski definition) is 1. The molecule has 1 aromatic carbocycles. The zero-order chi connectivity index (χ0) is 16.3. The molecule has 0 radical (unpaired) electrons. The van der Waals surface area contributed by atoms with Crippen molar-refractivity contribution in [2.75, 3.05) is 13.1 Å². The molecule has 1 aliphatic rings. The fourth-order valence-corrected chi connectivity index (χ4v) is 3.02. The Balaban J connectivity index is 0.00000264. The van der Waals surface area contributed by atoms with Crippen molar-refractivity contribution < 1.29 is 13.9 Å². The van der Waals surface area contributed by atoms with Gasteiger partial charge in [0.2, 0.25) is 0 Å². The third-order valence-corrected chi connectivity index (χ3v) is 4.37. The van der Waals surface area contributed by atoms with Crippen LogP contribution in [-0.2, 0) is 4.79 Å². The van der Waals surface area contributed by atoms with Gasteiger partial charge in [-0.15, -0.1) is 12.4 Å². The lowest BCUT2D eigenvalue weighted by atomic mass is 9.92. The van der Waals surface area contributed by atoms with Gasteiger partial charge in [0.25, 0.3) is 5.91 Å². The SMILES string of the molecule is CC1CCN(C(=O)C(C)Oc2ccc(F)cc2Cl)C(CN)C1.Cl. The van der Waals surface area contributed by atoms with Crippen molar-refractivity contribution in [3.63, 3.8) is 0 Å². The number of ether oxygens (including phenoxy) is 1. The highest BCUT2D eigenvalue weighted by Crippen LogP contribution is 2.27. The normalized spacial score (nSPS) is 22.2. The fourth-order valence-electron chi connectivity index (χ4n) is 2.81. The molecule has 4 nitrogen and oxygen atoms in total. The number of benzene rings is 1. The summed E-state index contributed by atoms with van der Waals surface area (Å²) in [5.41, 5.74) is 5.79. The molecular weight excluding hydrogens is 342 g/mol. The van der Waals surface area contributed by atoms with E-state index >= 15 is 0 Å². The second kappa shape index (κ2) is 8.71. The molecule has 1 aliphatic heterocycles. The first kappa shape index (κ1) is 20.0. The largest absolute Gasteiger partial charge is 0.479 e. The fraction of sp³-hybridized carbons (Fsp3) is 0.562. The highest BCUT2D eigenvalue weighted by Gasteiger charge is 2.32. The molecule has 1 amide bonds. The summed E-state index contributed by atoms with van der Waals surface area (Å²) in [6.45, 7) is 4.98. The van der Waals surface area contributed by atoms with E-state index in [0.717, 1.165) is 12.8 Å². The average Bonchev–Trinajstić information content (AvgIpc) is 2.49. The molecule has 2 N–H and O–H groups in total. The molecule has 0 bridgehead atoms. The first-order valence-corrected chi connectivity index (χ1v) is 7.92. The number of carbonyl (C=O) groups excluding carboxylic acids is 1. The molecule has 1 saturated heterocycles. The second-order valence-corrected chi connectivity index (χ2v) is 6.29. The number of carbonyl (C=O) groups is 1. The van der Waals surface area contributed by atoms with Gasteiger partial charge < -0.3 is 15.4 Å². The monoisotopic (exact) mass is 364 g/mol. The Kier molecular flexibility index (Phi) is 7.58. The quantitative estimate of drug-likeness (QED) is 0.891. The van der Waals surface area contributed by atoms with Gasteiger partial charge in [-0.1, -0.05) is 18.5 Å². The molecule has 0 aromatic heterocycles. The second-order valence-electron chi connectivity index (χ2n) is 5.89. The van der Waals surface area contributed by atoms with E-state index in [0.29, 0.717) is 24.8 Å². The third-order valence-electron chi connectivity index (χ3n) is 4.08. The van der Waals surface area contributed by atoms with Crippen LogP contribution in [0.3, 0.4) is 0 Å². The topological polar surface area (TPSA) is 55.6 Å². The highest BCUT2D eigenvalue weighted by atomic mass is 35.5. The van der Waals surface area contributed by atoms with Gasteiger partial charge in [-0.3, -0.25) is 4.79 Å². The van der Waals surface area contributed by atoms with Crippen LogP contribution in [0.15, 0.2) is 18.2 Å². The molecule has 130 valence electrons. The van der Waals surface area contributed by atoms with Crippen LogP contribution in [0.5, 0.6) is 5.75 Å². The number of hydrogen-bond acceptors (Lipinski definition) is 3. The van der Waals surface area contributed by atoms with Crippen LogP contribution in [-0.4, -0.2) is 36.0 Å². The molecular formula is C16H23Cl2FN2O2. The van der Waals surface area contributed by atoms with E-state index in [1.165, 1.54) is 18.2 Å². The maximum absolute atomic E-state index is 13.0. The summed E-state index contributed by atoms with van der Waals surface area (Å²) in [7, 11) is 0. The lowest BCUT2D eigenvalue weighted by Crippen LogP contribution is -2.52. The molecule has 0 saturated carbocycles. The molecule has 1 fully saturated rings. The molecule has 1 heterocycles. The van der Waals surface area contributed by atoms with Crippen molar-refractivity contribution >= 4 is 29.9 Å². The van der Waals surface area contributed by atoms with Crippen molar-refractivity contribution in [2.45, 2.75) is 38.8 Å². The summed E-state index contributed by atoms with van der Waals surface area (Å²) in [6.07, 6.45) is 1.18. The van der Waals surface area contributed by atoms with Gasteiger partial charge in [0.1, 0.15) is 11.6 Å². The minimum Gasteiger partial charge on any atom is -0.479 e. The molecule has 7 heteroatoms. The van der Waals surface area contributed by atoms with Crippen molar-refractivity contribution in [2.24, 2.45) is 11.7 Å². The van der Waals surface area contributed by atoms with E-state index in [2.05, 4.69) is 6.92 Å². The summed E-state index contributed by atoms with van der Waals surface area (Å²) in [5, 5.41) is 0.155. The van der Waals surface area contributed by atoms with Crippen LogP contribution in [0.2, 0.25) is 5.02 Å². The minimum atomic E-state index is -0.689. The average molecular weight is 365 g/mol. The Morgan fingerprint density at radius 3 is 2.87 bits per heavy atom. The van der Waals surface area contributed by atoms with E-state index in [-0.39, 0.29) is 29.4 Å². The van der Waals surface area contributed by atoms with Crippen LogP contribution in [0.25, 0.3) is 0 Å². The van der Waals surface area contributed by atoms with Gasteiger partial charge in [-0.2, -0.15) is 0 Å². The van der Waals surface area contributed by atoms with Gasteiger partial charge >= 0.3 is 0 Å². The van der Waals surface area contributed by atoms with Crippen LogP contribution >= 0.6 is 24.0 Å². The maximum atomic E-state index is 13.0. The van der Waals surface area contributed by atoms with E-state index in [1.54, 1.807) is 11.8 Å². The predicted octanol–water partition coefficient (Wildman–Crippen LogP) is 3.25. The van der Waals surface area contributed by atoms with E-state index in [9.17, 15) is 9.18 Å². The van der Waals surface area contributed by atoms with Gasteiger partial charge in [-0.25, -0.2) is 4.39 Å². The van der Waals surface area contributed by atoms with Gasteiger partial charge in [-0.05, 0) is 43.9 Å². The Hall–Kier alpha value is -1.04. The maximum Gasteiger partial charge on any atom is 0.263 e. The lowest BCUT2D eigenvalue weighted by Gasteiger charge is -2.39. The smallest absolute Gasteiger partial charge is 0.263 e. The predicted molar refractivity (Wildman–Crippen MR) is 91.7 cm³/mol. The Morgan fingerprint density at radius 1 is 1.57 bits per heavy atom. The van der Waals surface area contributed by atoms with E-state index < -0.39 is 11.9 Å². The summed E-state index contributed by atoms with van der Waals surface area (Å²) >= 11 is 5.93. The lowest BCUT2D eigenvalue weighted by molar-refractivity contribution is -0.142. The van der Waals surface area contributed by atoms with Crippen molar-refractivity contribution in [3.05, 3.63) is 29.0 Å². The number of nitrogens with two attached hydrogens (primary N) is 1. The zero-order valence-corrected chi connectivity index (χ0v) is 14.9. The third kappa shape index (κ3) is 4.96. The Bertz CT molecular complexity index is 545. The van der Waals surface area contributed by atoms with E-state index in [1.807, 2.05) is 0 Å². The Morgan fingerprint density at radius 2 is 2.26 bits per heavy atom. The highest BCUT2D eigenvalue weighted by molar-refractivity contribution is 6.32. The van der Waals surface area contributed by atoms with Crippen LogP contribution < -0.4 is 10.5 Å². The number of amides is 1. The van der Waals surface area contributed by atoms with Crippen LogP contribution in [0.4, 0.5) is 4.39 Å². The van der Waals surface area contributed by atoms with Crippen LogP contribution in [0, 0.1) is 11.7 Å². The minimum absolute atomic E-state index is 0. The number of piperidine rings is 1. The molecule has 0 spiro atoms. The standard InChI is InChI=1S/C16H22ClFN2O2.ClH/c1-10-5-6-20(13(7-10)9-19)16(21)11(2)22-15-4-3-12(18)8-14(15)17;/h3-4,8,10-11,13H,5-7,9,19H2,1-2H3;1H. The molecule has 0 aliphatic carbocycles. The summed E-state index contributed by atoms with van der Waals surface area (Å²) in [6, 6.07) is 3.90. The van der Waals surface area contributed by atoms with Gasteiger partial charge in [0.05, 0.1) is 5.02 Å². The van der Waals surface area contributed by atoms with E-state index in [4.69, 9.17) is 22.1 Å². The van der Waals surface area contributed by atoms with Crippen molar-refractivity contribution in [3.8, 4) is 5.75 Å². The first-order chi connectivity index (χ1) is 10.4. The van der Waals surface area contributed by atoms with Gasteiger partial charge in [0.15, 0.2) is 6.10 Å². The first-order valence-electron chi connectivity index (χ1n) is 7.54. The van der Waals surface area contributed by atoms with Crippen molar-refractivity contribution in [1.29, 1.82) is 0 Å².